The van der Waals surface area contributed by atoms with Crippen LogP contribution in [0.3, 0.4) is 0 Å². The third kappa shape index (κ3) is 6.59. The standard InChI is InChI=1S/C30H35N3O2/c1-4-18-32(21-27(34)20-25-13-7-5-8-14-25)22-29-24(3)31-33(26-15-9-6-10-16-26)30(29)35-28-17-11-12-23(2)19-28/h5-17,19,27,34H,4,18,20-22H2,1-3H3. The Morgan fingerprint density at radius 1 is 0.943 bits per heavy atom. The van der Waals surface area contributed by atoms with Gasteiger partial charge in [-0.3, -0.25) is 4.90 Å². The van der Waals surface area contributed by atoms with Crippen LogP contribution in [0.25, 0.3) is 5.69 Å². The van der Waals surface area contributed by atoms with Crippen LogP contribution in [-0.2, 0) is 13.0 Å². The van der Waals surface area contributed by atoms with E-state index in [1.807, 2.05) is 78.3 Å². The van der Waals surface area contributed by atoms with Gasteiger partial charge >= 0.3 is 0 Å². The molecule has 0 spiro atoms. The molecular formula is C30H35N3O2. The van der Waals surface area contributed by atoms with E-state index in [1.165, 1.54) is 0 Å². The zero-order chi connectivity index (χ0) is 24.6. The maximum atomic E-state index is 10.9. The van der Waals surface area contributed by atoms with E-state index in [2.05, 4.69) is 36.9 Å². The van der Waals surface area contributed by atoms with Crippen molar-refractivity contribution in [2.75, 3.05) is 13.1 Å². The summed E-state index contributed by atoms with van der Waals surface area (Å²) in [6, 6.07) is 28.3. The van der Waals surface area contributed by atoms with Crippen molar-refractivity contribution in [1.29, 1.82) is 0 Å². The summed E-state index contributed by atoms with van der Waals surface area (Å²) in [5.41, 5.74) is 5.21. The SMILES string of the molecule is CCCN(Cc1c(C)nn(-c2ccccc2)c1Oc1cccc(C)c1)CC(O)Cc1ccccc1. The highest BCUT2D eigenvalue weighted by molar-refractivity contribution is 5.43. The lowest BCUT2D eigenvalue weighted by Crippen LogP contribution is -2.34. The number of aromatic nitrogens is 2. The Hall–Kier alpha value is -3.41. The van der Waals surface area contributed by atoms with Gasteiger partial charge in [-0.25, -0.2) is 4.68 Å². The summed E-state index contributed by atoms with van der Waals surface area (Å²) < 4.78 is 8.37. The van der Waals surface area contributed by atoms with Crippen LogP contribution in [0.5, 0.6) is 11.6 Å². The Balaban J connectivity index is 1.62. The molecule has 0 bridgehead atoms. The van der Waals surface area contributed by atoms with Gasteiger partial charge in [-0.05, 0) is 68.6 Å². The van der Waals surface area contributed by atoms with E-state index < -0.39 is 6.10 Å². The molecule has 0 saturated heterocycles. The van der Waals surface area contributed by atoms with E-state index in [-0.39, 0.29) is 0 Å². The number of aliphatic hydroxyl groups excluding tert-OH is 1. The minimum atomic E-state index is -0.449. The van der Waals surface area contributed by atoms with Gasteiger partial charge in [-0.15, -0.1) is 0 Å². The summed E-state index contributed by atoms with van der Waals surface area (Å²) in [5.74, 6) is 1.51. The van der Waals surface area contributed by atoms with E-state index in [4.69, 9.17) is 9.84 Å². The van der Waals surface area contributed by atoms with Gasteiger partial charge < -0.3 is 9.84 Å². The van der Waals surface area contributed by atoms with Crippen molar-refractivity contribution < 1.29 is 9.84 Å². The molecule has 1 N–H and O–H groups in total. The molecule has 1 heterocycles. The second-order valence-electron chi connectivity index (χ2n) is 9.11. The number of nitrogens with zero attached hydrogens (tertiary/aromatic N) is 3. The molecule has 182 valence electrons. The van der Waals surface area contributed by atoms with Crippen molar-refractivity contribution in [1.82, 2.24) is 14.7 Å². The smallest absolute Gasteiger partial charge is 0.227 e. The fourth-order valence-electron chi connectivity index (χ4n) is 4.38. The van der Waals surface area contributed by atoms with Gasteiger partial charge in [-0.2, -0.15) is 5.10 Å². The van der Waals surface area contributed by atoms with Gasteiger partial charge in [0.1, 0.15) is 5.75 Å². The molecular weight excluding hydrogens is 434 g/mol. The largest absolute Gasteiger partial charge is 0.439 e. The number of hydrogen-bond acceptors (Lipinski definition) is 4. The molecule has 0 aliphatic rings. The molecule has 0 radical (unpaired) electrons. The molecule has 5 nitrogen and oxygen atoms in total. The van der Waals surface area contributed by atoms with Crippen molar-refractivity contribution in [2.24, 2.45) is 0 Å². The number of rotatable bonds is 11. The van der Waals surface area contributed by atoms with Gasteiger partial charge in [-0.1, -0.05) is 67.6 Å². The van der Waals surface area contributed by atoms with Crippen LogP contribution in [0.1, 0.15) is 35.7 Å². The van der Waals surface area contributed by atoms with Gasteiger partial charge in [0.15, 0.2) is 0 Å². The Bertz CT molecular complexity index is 1210. The number of para-hydroxylation sites is 1. The summed E-state index contributed by atoms with van der Waals surface area (Å²) in [7, 11) is 0. The van der Waals surface area contributed by atoms with Crippen molar-refractivity contribution in [3.05, 3.63) is 107 Å². The number of ether oxygens (including phenoxy) is 1. The molecule has 1 aromatic heterocycles. The molecule has 4 rings (SSSR count). The molecule has 0 fully saturated rings. The number of hydrogen-bond donors (Lipinski definition) is 1. The quantitative estimate of drug-likeness (QED) is 0.288. The normalized spacial score (nSPS) is 12.1. The third-order valence-corrected chi connectivity index (χ3v) is 6.05. The summed E-state index contributed by atoms with van der Waals surface area (Å²) >= 11 is 0. The maximum absolute atomic E-state index is 10.9. The lowest BCUT2D eigenvalue weighted by molar-refractivity contribution is 0.108. The van der Waals surface area contributed by atoms with Crippen LogP contribution in [0.15, 0.2) is 84.9 Å². The minimum absolute atomic E-state index is 0.449. The average molecular weight is 470 g/mol. The zero-order valence-electron chi connectivity index (χ0n) is 20.9. The fraction of sp³-hybridized carbons (Fsp3) is 0.300. The molecule has 0 amide bonds. The molecule has 4 aromatic rings. The molecule has 3 aromatic carbocycles. The van der Waals surface area contributed by atoms with E-state index in [0.717, 1.165) is 52.7 Å². The summed E-state index contributed by atoms with van der Waals surface area (Å²) in [5, 5.41) is 15.7. The van der Waals surface area contributed by atoms with Gasteiger partial charge in [0.2, 0.25) is 5.88 Å². The third-order valence-electron chi connectivity index (χ3n) is 6.05. The van der Waals surface area contributed by atoms with Crippen molar-refractivity contribution >= 4 is 0 Å². The molecule has 0 aliphatic heterocycles. The Labute approximate surface area is 208 Å². The predicted octanol–water partition coefficient (Wildman–Crippen LogP) is 6.10. The first-order valence-electron chi connectivity index (χ1n) is 12.4. The lowest BCUT2D eigenvalue weighted by Gasteiger charge is -2.25. The van der Waals surface area contributed by atoms with Crippen LogP contribution in [0.4, 0.5) is 0 Å². The summed E-state index contributed by atoms with van der Waals surface area (Å²) in [6.07, 6.45) is 1.18. The predicted molar refractivity (Wildman–Crippen MR) is 141 cm³/mol. The van der Waals surface area contributed by atoms with Gasteiger partial charge in [0, 0.05) is 13.1 Å². The van der Waals surface area contributed by atoms with Crippen LogP contribution in [-0.4, -0.2) is 39.0 Å². The lowest BCUT2D eigenvalue weighted by atomic mass is 10.1. The summed E-state index contributed by atoms with van der Waals surface area (Å²) in [6.45, 7) is 8.38. The fourth-order valence-corrected chi connectivity index (χ4v) is 4.38. The molecule has 1 unspecified atom stereocenters. The topological polar surface area (TPSA) is 50.5 Å². The first-order chi connectivity index (χ1) is 17.0. The first-order valence-corrected chi connectivity index (χ1v) is 12.4. The van der Waals surface area contributed by atoms with Crippen LogP contribution in [0, 0.1) is 13.8 Å². The van der Waals surface area contributed by atoms with Crippen molar-refractivity contribution in [3.63, 3.8) is 0 Å². The molecule has 35 heavy (non-hydrogen) atoms. The summed E-state index contributed by atoms with van der Waals surface area (Å²) in [4.78, 5) is 2.30. The average Bonchev–Trinajstić information content (AvgIpc) is 3.15. The second-order valence-corrected chi connectivity index (χ2v) is 9.11. The van der Waals surface area contributed by atoms with Crippen LogP contribution >= 0.6 is 0 Å². The van der Waals surface area contributed by atoms with Crippen LogP contribution in [0.2, 0.25) is 0 Å². The monoisotopic (exact) mass is 469 g/mol. The van der Waals surface area contributed by atoms with Gasteiger partial charge in [0.25, 0.3) is 0 Å². The van der Waals surface area contributed by atoms with E-state index in [0.29, 0.717) is 19.5 Å². The molecule has 0 aliphatic carbocycles. The number of benzene rings is 3. The number of aliphatic hydroxyl groups is 1. The Morgan fingerprint density at radius 2 is 1.66 bits per heavy atom. The highest BCUT2D eigenvalue weighted by atomic mass is 16.5. The highest BCUT2D eigenvalue weighted by Crippen LogP contribution is 2.32. The van der Waals surface area contributed by atoms with E-state index in [1.54, 1.807) is 0 Å². The van der Waals surface area contributed by atoms with E-state index >= 15 is 0 Å². The van der Waals surface area contributed by atoms with Gasteiger partial charge in [0.05, 0.1) is 23.0 Å². The number of aryl methyl sites for hydroxylation is 2. The van der Waals surface area contributed by atoms with Crippen molar-refractivity contribution in [2.45, 2.75) is 46.3 Å². The first kappa shape index (κ1) is 24.7. The maximum Gasteiger partial charge on any atom is 0.227 e. The molecule has 1 atom stereocenters. The highest BCUT2D eigenvalue weighted by Gasteiger charge is 2.22. The van der Waals surface area contributed by atoms with Crippen molar-refractivity contribution in [3.8, 4) is 17.3 Å². The molecule has 5 heteroatoms. The zero-order valence-corrected chi connectivity index (χ0v) is 20.9. The molecule has 0 saturated carbocycles. The Kier molecular flexibility index (Phi) is 8.35. The second kappa shape index (κ2) is 11.8. The van der Waals surface area contributed by atoms with E-state index in [9.17, 15) is 5.11 Å². The minimum Gasteiger partial charge on any atom is -0.439 e. The van der Waals surface area contributed by atoms with Crippen LogP contribution < -0.4 is 4.74 Å². The Morgan fingerprint density at radius 3 is 2.34 bits per heavy atom.